The van der Waals surface area contributed by atoms with Crippen LogP contribution in [0.25, 0.3) is 5.78 Å². The minimum Gasteiger partial charge on any atom is -0.352 e. The van der Waals surface area contributed by atoms with Crippen LogP contribution in [0.5, 0.6) is 0 Å². The fourth-order valence-electron chi connectivity index (χ4n) is 2.01. The van der Waals surface area contributed by atoms with Gasteiger partial charge in [0.15, 0.2) is 0 Å². The molecule has 0 spiro atoms. The lowest BCUT2D eigenvalue weighted by molar-refractivity contribution is -0.122. The van der Waals surface area contributed by atoms with Gasteiger partial charge in [-0.1, -0.05) is 0 Å². The standard InChI is InChI=1S/C14H20N6O2/c1-5-19(8-11(21)16-9(2)3)13(22)12-17-14-15-7-6-10(4)20(14)18-12/h6-7,9H,5,8H2,1-4H3,(H,16,21). The first-order chi connectivity index (χ1) is 10.4. The Kier molecular flexibility index (Phi) is 4.69. The van der Waals surface area contributed by atoms with E-state index < -0.39 is 0 Å². The van der Waals surface area contributed by atoms with Gasteiger partial charge in [0.25, 0.3) is 11.7 Å². The van der Waals surface area contributed by atoms with Crippen molar-refractivity contribution in [2.75, 3.05) is 13.1 Å². The molecule has 8 heteroatoms. The van der Waals surface area contributed by atoms with Gasteiger partial charge in [-0.05, 0) is 33.8 Å². The van der Waals surface area contributed by atoms with E-state index in [2.05, 4.69) is 20.4 Å². The number of hydrogen-bond acceptors (Lipinski definition) is 5. The van der Waals surface area contributed by atoms with Gasteiger partial charge in [-0.15, -0.1) is 5.10 Å². The number of amides is 2. The molecule has 0 fully saturated rings. The van der Waals surface area contributed by atoms with E-state index in [0.717, 1.165) is 5.69 Å². The summed E-state index contributed by atoms with van der Waals surface area (Å²) in [7, 11) is 0. The summed E-state index contributed by atoms with van der Waals surface area (Å²) in [6.07, 6.45) is 1.61. The fraction of sp³-hybridized carbons (Fsp3) is 0.500. The number of hydrogen-bond donors (Lipinski definition) is 1. The first kappa shape index (κ1) is 15.9. The number of rotatable bonds is 5. The summed E-state index contributed by atoms with van der Waals surface area (Å²) in [4.78, 5) is 33.9. The SMILES string of the molecule is CCN(CC(=O)NC(C)C)C(=O)c1nc2nccc(C)n2n1. The molecule has 0 aliphatic heterocycles. The zero-order valence-electron chi connectivity index (χ0n) is 13.2. The van der Waals surface area contributed by atoms with Crippen LogP contribution in [0.15, 0.2) is 12.3 Å². The lowest BCUT2D eigenvalue weighted by atomic mass is 10.3. The number of fused-ring (bicyclic) bond motifs is 1. The summed E-state index contributed by atoms with van der Waals surface area (Å²) in [5, 5.41) is 6.93. The third-order valence-corrected chi connectivity index (χ3v) is 3.07. The van der Waals surface area contributed by atoms with Crippen LogP contribution < -0.4 is 5.32 Å². The summed E-state index contributed by atoms with van der Waals surface area (Å²) in [6.45, 7) is 7.77. The van der Waals surface area contributed by atoms with Gasteiger partial charge in [0, 0.05) is 24.5 Å². The van der Waals surface area contributed by atoms with Gasteiger partial charge in [0.2, 0.25) is 11.7 Å². The van der Waals surface area contributed by atoms with Gasteiger partial charge in [0.1, 0.15) is 0 Å². The van der Waals surface area contributed by atoms with Crippen molar-refractivity contribution in [2.45, 2.75) is 33.7 Å². The summed E-state index contributed by atoms with van der Waals surface area (Å²) >= 11 is 0. The minimum absolute atomic E-state index is 0.0184. The van der Waals surface area contributed by atoms with E-state index in [-0.39, 0.29) is 30.2 Å². The zero-order chi connectivity index (χ0) is 16.3. The highest BCUT2D eigenvalue weighted by atomic mass is 16.2. The van der Waals surface area contributed by atoms with Crippen molar-refractivity contribution in [3.8, 4) is 0 Å². The monoisotopic (exact) mass is 304 g/mol. The normalized spacial score (nSPS) is 11.0. The predicted molar refractivity (Wildman–Crippen MR) is 80.4 cm³/mol. The average Bonchev–Trinajstić information content (AvgIpc) is 2.88. The molecule has 0 atom stereocenters. The van der Waals surface area contributed by atoms with Crippen molar-refractivity contribution in [2.24, 2.45) is 0 Å². The second-order valence-corrected chi connectivity index (χ2v) is 5.27. The summed E-state index contributed by atoms with van der Waals surface area (Å²) in [5.41, 5.74) is 0.831. The molecule has 0 aromatic carbocycles. The van der Waals surface area contributed by atoms with Gasteiger partial charge in [-0.25, -0.2) is 9.50 Å². The molecule has 2 rings (SSSR count). The number of aromatic nitrogens is 4. The summed E-state index contributed by atoms with van der Waals surface area (Å²) in [6, 6.07) is 1.81. The average molecular weight is 304 g/mol. The van der Waals surface area contributed by atoms with Crippen LogP contribution >= 0.6 is 0 Å². The Labute approximate surface area is 128 Å². The Hall–Kier alpha value is -2.51. The molecule has 2 aromatic rings. The van der Waals surface area contributed by atoms with Crippen LogP contribution in [0.3, 0.4) is 0 Å². The summed E-state index contributed by atoms with van der Waals surface area (Å²) in [5.74, 6) is -0.179. The maximum absolute atomic E-state index is 12.5. The van der Waals surface area contributed by atoms with Crippen LogP contribution in [-0.4, -0.2) is 55.4 Å². The van der Waals surface area contributed by atoms with Crippen LogP contribution in [0.1, 0.15) is 37.1 Å². The van der Waals surface area contributed by atoms with Crippen LogP contribution in [0.4, 0.5) is 0 Å². The maximum Gasteiger partial charge on any atom is 0.294 e. The molecule has 1 N–H and O–H groups in total. The van der Waals surface area contributed by atoms with Gasteiger partial charge < -0.3 is 10.2 Å². The van der Waals surface area contributed by atoms with Crippen molar-refractivity contribution in [3.05, 3.63) is 23.8 Å². The van der Waals surface area contributed by atoms with E-state index in [1.165, 1.54) is 9.42 Å². The number of carbonyl (C=O) groups excluding carboxylic acids is 2. The molecule has 0 aliphatic carbocycles. The second kappa shape index (κ2) is 6.50. The lowest BCUT2D eigenvalue weighted by Gasteiger charge is -2.19. The molecule has 2 aromatic heterocycles. The Balaban J connectivity index is 2.19. The predicted octanol–water partition coefficient (Wildman–Crippen LogP) is 0.419. The van der Waals surface area contributed by atoms with Gasteiger partial charge in [-0.2, -0.15) is 4.98 Å². The quantitative estimate of drug-likeness (QED) is 0.864. The molecule has 22 heavy (non-hydrogen) atoms. The Morgan fingerprint density at radius 2 is 2.14 bits per heavy atom. The van der Waals surface area contributed by atoms with Gasteiger partial charge in [0.05, 0.1) is 6.54 Å². The highest BCUT2D eigenvalue weighted by Crippen LogP contribution is 2.05. The van der Waals surface area contributed by atoms with E-state index in [0.29, 0.717) is 12.3 Å². The van der Waals surface area contributed by atoms with E-state index in [1.807, 2.05) is 20.8 Å². The number of carbonyl (C=O) groups is 2. The van der Waals surface area contributed by atoms with E-state index >= 15 is 0 Å². The molecule has 2 heterocycles. The van der Waals surface area contributed by atoms with Crippen molar-refractivity contribution in [3.63, 3.8) is 0 Å². The smallest absolute Gasteiger partial charge is 0.294 e. The largest absolute Gasteiger partial charge is 0.352 e. The molecule has 0 radical (unpaired) electrons. The molecular weight excluding hydrogens is 284 g/mol. The first-order valence-corrected chi connectivity index (χ1v) is 7.19. The van der Waals surface area contributed by atoms with Gasteiger partial charge in [-0.3, -0.25) is 9.59 Å². The number of nitrogens with one attached hydrogen (secondary N) is 1. The Morgan fingerprint density at radius 1 is 1.41 bits per heavy atom. The number of aryl methyl sites for hydroxylation is 1. The maximum atomic E-state index is 12.5. The Morgan fingerprint density at radius 3 is 2.73 bits per heavy atom. The minimum atomic E-state index is -0.383. The van der Waals surface area contributed by atoms with E-state index in [1.54, 1.807) is 19.2 Å². The van der Waals surface area contributed by atoms with E-state index in [9.17, 15) is 9.59 Å². The highest BCUT2D eigenvalue weighted by Gasteiger charge is 2.22. The second-order valence-electron chi connectivity index (χ2n) is 5.27. The molecule has 2 amide bonds. The first-order valence-electron chi connectivity index (χ1n) is 7.19. The van der Waals surface area contributed by atoms with Crippen molar-refractivity contribution in [1.29, 1.82) is 0 Å². The van der Waals surface area contributed by atoms with Crippen molar-refractivity contribution in [1.82, 2.24) is 29.8 Å². The lowest BCUT2D eigenvalue weighted by Crippen LogP contribution is -2.43. The van der Waals surface area contributed by atoms with Crippen molar-refractivity contribution < 1.29 is 9.59 Å². The third kappa shape index (κ3) is 3.38. The molecule has 8 nitrogen and oxygen atoms in total. The zero-order valence-corrected chi connectivity index (χ0v) is 13.2. The fourth-order valence-corrected chi connectivity index (χ4v) is 2.01. The number of nitrogens with zero attached hydrogens (tertiary/aromatic N) is 5. The van der Waals surface area contributed by atoms with Crippen molar-refractivity contribution >= 4 is 17.6 Å². The van der Waals surface area contributed by atoms with Crippen LogP contribution in [0.2, 0.25) is 0 Å². The molecule has 0 unspecified atom stereocenters. The highest BCUT2D eigenvalue weighted by molar-refractivity contribution is 5.93. The van der Waals surface area contributed by atoms with Gasteiger partial charge >= 0.3 is 0 Å². The molecule has 118 valence electrons. The molecule has 0 saturated carbocycles. The number of likely N-dealkylation sites (N-methyl/N-ethyl adjacent to an activating group) is 1. The third-order valence-electron chi connectivity index (χ3n) is 3.07. The molecule has 0 bridgehead atoms. The molecule has 0 aliphatic rings. The van der Waals surface area contributed by atoms with Crippen LogP contribution in [0, 0.1) is 6.92 Å². The molecule has 0 saturated heterocycles. The topological polar surface area (TPSA) is 92.5 Å². The van der Waals surface area contributed by atoms with E-state index in [4.69, 9.17) is 0 Å². The van der Waals surface area contributed by atoms with Crippen LogP contribution in [-0.2, 0) is 4.79 Å². The Bertz CT molecular complexity index is 694. The molecular formula is C14H20N6O2. The summed E-state index contributed by atoms with van der Waals surface area (Å²) < 4.78 is 1.51.